The van der Waals surface area contributed by atoms with Crippen molar-refractivity contribution in [2.75, 3.05) is 19.8 Å². The molecule has 0 aliphatic carbocycles. The molecular weight excluding hydrogens is 268 g/mol. The Labute approximate surface area is 106 Å². The van der Waals surface area contributed by atoms with Crippen LogP contribution in [0.4, 0.5) is 17.6 Å². The Kier molecular flexibility index (Phi) is 5.60. The molecule has 104 valence electrons. The number of rotatable bonds is 4. The average Bonchev–Trinajstić information content (AvgIpc) is 2.33. The van der Waals surface area contributed by atoms with Crippen LogP contribution in [-0.2, 0) is 4.74 Å². The van der Waals surface area contributed by atoms with E-state index in [2.05, 4.69) is 16.6 Å². The highest BCUT2D eigenvalue weighted by molar-refractivity contribution is 5.40. The molecule has 0 bridgehead atoms. The molecule has 1 aromatic rings. The molecule has 0 saturated heterocycles. The molecule has 7 heteroatoms. The number of aliphatic hydroxyl groups is 1. The van der Waals surface area contributed by atoms with Crippen LogP contribution in [0.25, 0.3) is 0 Å². The van der Waals surface area contributed by atoms with Crippen LogP contribution in [-0.4, -0.2) is 31.3 Å². The summed E-state index contributed by atoms with van der Waals surface area (Å²) in [5, 5.41) is 8.50. The third-order valence-corrected chi connectivity index (χ3v) is 1.85. The first-order valence-electron chi connectivity index (χ1n) is 5.15. The maximum atomic E-state index is 13.3. The van der Waals surface area contributed by atoms with Crippen molar-refractivity contribution in [1.82, 2.24) is 0 Å². The number of alkyl halides is 3. The van der Waals surface area contributed by atoms with Crippen LogP contribution >= 0.6 is 0 Å². The summed E-state index contributed by atoms with van der Waals surface area (Å²) in [4.78, 5) is 0. The Morgan fingerprint density at radius 2 is 1.95 bits per heavy atom. The zero-order valence-electron chi connectivity index (χ0n) is 9.63. The normalized spacial score (nSPS) is 10.8. The molecular formula is C12H10F4O3. The predicted molar refractivity (Wildman–Crippen MR) is 57.9 cm³/mol. The first-order chi connectivity index (χ1) is 8.92. The second-order valence-corrected chi connectivity index (χ2v) is 3.25. The Morgan fingerprint density at radius 1 is 1.21 bits per heavy atom. The van der Waals surface area contributed by atoms with Gasteiger partial charge in [-0.15, -0.1) is 13.2 Å². The number of aliphatic hydroxyl groups excluding tert-OH is 1. The quantitative estimate of drug-likeness (QED) is 0.520. The fourth-order valence-electron chi connectivity index (χ4n) is 1.14. The van der Waals surface area contributed by atoms with E-state index in [0.717, 1.165) is 6.07 Å². The second kappa shape index (κ2) is 6.97. The summed E-state index contributed by atoms with van der Waals surface area (Å²) in [6.07, 6.45) is -4.74. The molecule has 0 aliphatic heterocycles. The van der Waals surface area contributed by atoms with E-state index in [4.69, 9.17) is 9.84 Å². The van der Waals surface area contributed by atoms with Gasteiger partial charge in [0, 0.05) is 5.56 Å². The second-order valence-electron chi connectivity index (χ2n) is 3.25. The fourth-order valence-corrected chi connectivity index (χ4v) is 1.14. The van der Waals surface area contributed by atoms with Crippen molar-refractivity contribution in [2.45, 2.75) is 6.36 Å². The smallest absolute Gasteiger partial charge is 0.488 e. The van der Waals surface area contributed by atoms with Crippen LogP contribution in [0.15, 0.2) is 18.2 Å². The number of hydrogen-bond donors (Lipinski definition) is 1. The van der Waals surface area contributed by atoms with Crippen molar-refractivity contribution >= 4 is 0 Å². The van der Waals surface area contributed by atoms with Gasteiger partial charge in [-0.3, -0.25) is 4.74 Å². The van der Waals surface area contributed by atoms with Crippen molar-refractivity contribution in [3.8, 4) is 17.6 Å². The molecule has 0 heterocycles. The molecule has 1 rings (SSSR count). The monoisotopic (exact) mass is 278 g/mol. The van der Waals surface area contributed by atoms with Crippen molar-refractivity contribution < 1.29 is 32.1 Å². The highest BCUT2D eigenvalue weighted by atomic mass is 19.4. The first kappa shape index (κ1) is 15.3. The molecule has 0 radical (unpaired) electrons. The minimum absolute atomic E-state index is 0.226. The Balaban J connectivity index is 2.57. The van der Waals surface area contributed by atoms with Gasteiger partial charge in [-0.25, -0.2) is 4.39 Å². The van der Waals surface area contributed by atoms with Gasteiger partial charge in [0.25, 0.3) is 0 Å². The van der Waals surface area contributed by atoms with Crippen LogP contribution < -0.4 is 4.74 Å². The van der Waals surface area contributed by atoms with Crippen LogP contribution in [0.5, 0.6) is 5.75 Å². The summed E-state index contributed by atoms with van der Waals surface area (Å²) in [7, 11) is 0. The van der Waals surface area contributed by atoms with Gasteiger partial charge < -0.3 is 9.84 Å². The molecule has 1 aromatic carbocycles. The molecule has 0 aromatic heterocycles. The molecule has 19 heavy (non-hydrogen) atoms. The Morgan fingerprint density at radius 3 is 2.58 bits per heavy atom. The molecule has 0 fully saturated rings. The van der Waals surface area contributed by atoms with E-state index in [1.165, 1.54) is 12.1 Å². The van der Waals surface area contributed by atoms with E-state index in [1.807, 2.05) is 0 Å². The van der Waals surface area contributed by atoms with E-state index in [-0.39, 0.29) is 12.4 Å². The summed E-state index contributed by atoms with van der Waals surface area (Å²) in [5.41, 5.74) is 0.377. The van der Waals surface area contributed by atoms with Crippen LogP contribution in [0.1, 0.15) is 5.56 Å². The maximum absolute atomic E-state index is 13.3. The van der Waals surface area contributed by atoms with Gasteiger partial charge in [0.15, 0.2) is 11.6 Å². The molecule has 1 N–H and O–H groups in total. The average molecular weight is 278 g/mol. The molecule has 0 unspecified atom stereocenters. The van der Waals surface area contributed by atoms with Gasteiger partial charge in [-0.1, -0.05) is 11.8 Å². The zero-order chi connectivity index (χ0) is 14.3. The molecule has 3 nitrogen and oxygen atoms in total. The maximum Gasteiger partial charge on any atom is 0.522 e. The van der Waals surface area contributed by atoms with Crippen molar-refractivity contribution in [2.24, 2.45) is 0 Å². The summed E-state index contributed by atoms with van der Waals surface area (Å²) < 4.78 is 56.6. The van der Waals surface area contributed by atoms with E-state index in [1.54, 1.807) is 0 Å². The van der Waals surface area contributed by atoms with Gasteiger partial charge in [-0.05, 0) is 18.2 Å². The van der Waals surface area contributed by atoms with Gasteiger partial charge in [0.2, 0.25) is 0 Å². The summed E-state index contributed by atoms with van der Waals surface area (Å²) >= 11 is 0. The van der Waals surface area contributed by atoms with Crippen LogP contribution in [0.3, 0.4) is 0 Å². The highest BCUT2D eigenvalue weighted by Crippen LogP contribution is 2.19. The van der Waals surface area contributed by atoms with Gasteiger partial charge >= 0.3 is 6.36 Å². The number of benzene rings is 1. The van der Waals surface area contributed by atoms with Crippen LogP contribution in [0, 0.1) is 17.7 Å². The van der Waals surface area contributed by atoms with Gasteiger partial charge in [-0.2, -0.15) is 0 Å². The van der Waals surface area contributed by atoms with Crippen LogP contribution in [0.2, 0.25) is 0 Å². The minimum atomic E-state index is -4.74. The number of hydrogen-bond acceptors (Lipinski definition) is 3. The topological polar surface area (TPSA) is 38.7 Å². The SMILES string of the molecule is OCC#Cc1ccc(F)c(OCCOC(F)(F)F)c1. The van der Waals surface area contributed by atoms with E-state index in [0.29, 0.717) is 5.56 Å². The third-order valence-electron chi connectivity index (χ3n) is 1.85. The lowest BCUT2D eigenvalue weighted by molar-refractivity contribution is -0.325. The fraction of sp³-hybridized carbons (Fsp3) is 0.333. The zero-order valence-corrected chi connectivity index (χ0v) is 9.63. The summed E-state index contributed by atoms with van der Waals surface area (Å²) in [6.45, 7) is -1.55. The van der Waals surface area contributed by atoms with Gasteiger partial charge in [0.05, 0.1) is 6.61 Å². The Bertz CT molecular complexity index is 474. The lowest BCUT2D eigenvalue weighted by atomic mass is 10.2. The lowest BCUT2D eigenvalue weighted by Gasteiger charge is -2.09. The van der Waals surface area contributed by atoms with E-state index in [9.17, 15) is 17.6 Å². The highest BCUT2D eigenvalue weighted by Gasteiger charge is 2.28. The predicted octanol–water partition coefficient (Wildman–Crippen LogP) is 2.08. The van der Waals surface area contributed by atoms with E-state index >= 15 is 0 Å². The summed E-state index contributed by atoms with van der Waals surface area (Å²) in [5.74, 6) is 3.92. The van der Waals surface area contributed by atoms with Crippen molar-refractivity contribution in [3.05, 3.63) is 29.6 Å². The van der Waals surface area contributed by atoms with Crippen molar-refractivity contribution in [1.29, 1.82) is 0 Å². The van der Waals surface area contributed by atoms with E-state index < -0.39 is 25.4 Å². The number of halogens is 4. The van der Waals surface area contributed by atoms with Crippen molar-refractivity contribution in [3.63, 3.8) is 0 Å². The third kappa shape index (κ3) is 6.08. The molecule has 0 aliphatic rings. The lowest BCUT2D eigenvalue weighted by Crippen LogP contribution is -2.18. The Hall–Kier alpha value is -1.78. The summed E-state index contributed by atoms with van der Waals surface area (Å²) in [6, 6.07) is 3.66. The molecule has 0 spiro atoms. The molecule has 0 saturated carbocycles. The molecule has 0 amide bonds. The first-order valence-corrected chi connectivity index (χ1v) is 5.15. The molecule has 0 atom stereocenters. The standard InChI is InChI=1S/C12H10F4O3/c13-10-4-3-9(2-1-5-17)8-11(10)18-6-7-19-12(14,15)16/h3-4,8,17H,5-7H2. The number of ether oxygens (including phenoxy) is 2. The largest absolute Gasteiger partial charge is 0.522 e. The van der Waals surface area contributed by atoms with Gasteiger partial charge in [0.1, 0.15) is 13.2 Å². The minimum Gasteiger partial charge on any atom is -0.488 e.